The first kappa shape index (κ1) is 16.0. The fraction of sp³-hybridized carbons (Fsp3) is 0.500. The molecule has 1 unspecified atom stereocenters. The Morgan fingerprint density at radius 3 is 2.84 bits per heavy atom. The molecule has 0 spiro atoms. The van der Waals surface area contributed by atoms with Crippen LogP contribution < -0.4 is 11.1 Å². The van der Waals surface area contributed by atoms with Gasteiger partial charge in [0, 0.05) is 4.88 Å². The molecule has 0 fully saturated rings. The minimum atomic E-state index is -0.948. The highest BCUT2D eigenvalue weighted by atomic mass is 32.2. The van der Waals surface area contributed by atoms with E-state index >= 15 is 0 Å². The van der Waals surface area contributed by atoms with Gasteiger partial charge in [0.15, 0.2) is 0 Å². The molecule has 0 aromatic carbocycles. The van der Waals surface area contributed by atoms with Crippen LogP contribution in [0, 0.1) is 0 Å². The van der Waals surface area contributed by atoms with E-state index in [4.69, 9.17) is 10.8 Å². The Morgan fingerprint density at radius 2 is 2.32 bits per heavy atom. The third-order valence-electron chi connectivity index (χ3n) is 2.55. The minimum Gasteiger partial charge on any atom is -0.481 e. The van der Waals surface area contributed by atoms with E-state index in [2.05, 4.69) is 5.32 Å². The number of carboxylic acids is 1. The van der Waals surface area contributed by atoms with Crippen molar-refractivity contribution in [2.75, 3.05) is 12.0 Å². The average molecular weight is 302 g/mol. The van der Waals surface area contributed by atoms with Crippen LogP contribution in [0.2, 0.25) is 0 Å². The maximum absolute atomic E-state index is 11.9. The smallest absolute Gasteiger partial charge is 0.305 e. The highest BCUT2D eigenvalue weighted by Crippen LogP contribution is 2.22. The second-order valence-corrected chi connectivity index (χ2v) is 6.03. The molecule has 5 nitrogen and oxygen atoms in total. The van der Waals surface area contributed by atoms with E-state index in [9.17, 15) is 9.59 Å². The van der Waals surface area contributed by atoms with Crippen LogP contribution in [-0.2, 0) is 9.59 Å². The van der Waals surface area contributed by atoms with Crippen molar-refractivity contribution in [3.05, 3.63) is 22.4 Å². The zero-order chi connectivity index (χ0) is 14.3. The zero-order valence-corrected chi connectivity index (χ0v) is 12.3. The number of aliphatic carboxylic acids is 1. The van der Waals surface area contributed by atoms with E-state index in [0.717, 1.165) is 10.6 Å². The summed E-state index contributed by atoms with van der Waals surface area (Å²) in [6, 6.07) is 2.54. The predicted molar refractivity (Wildman–Crippen MR) is 78.4 cm³/mol. The average Bonchev–Trinajstić information content (AvgIpc) is 2.88. The number of carboxylic acid groups (broad SMARTS) is 1. The quantitative estimate of drug-likeness (QED) is 0.676. The van der Waals surface area contributed by atoms with Crippen molar-refractivity contribution in [1.29, 1.82) is 0 Å². The van der Waals surface area contributed by atoms with Crippen LogP contribution in [0.15, 0.2) is 17.5 Å². The van der Waals surface area contributed by atoms with Crippen LogP contribution in [0.3, 0.4) is 0 Å². The molecule has 0 aliphatic rings. The number of carbonyl (C=O) groups is 2. The number of rotatable bonds is 8. The Kier molecular flexibility index (Phi) is 6.90. The zero-order valence-electron chi connectivity index (χ0n) is 10.7. The van der Waals surface area contributed by atoms with E-state index in [1.165, 1.54) is 11.3 Å². The van der Waals surface area contributed by atoms with E-state index in [1.54, 1.807) is 11.8 Å². The summed E-state index contributed by atoms with van der Waals surface area (Å²) in [7, 11) is 0. The summed E-state index contributed by atoms with van der Waals surface area (Å²) >= 11 is 3.04. The fourth-order valence-corrected chi connectivity index (χ4v) is 2.81. The second kappa shape index (κ2) is 8.19. The highest BCUT2D eigenvalue weighted by Gasteiger charge is 2.22. The van der Waals surface area contributed by atoms with Crippen molar-refractivity contribution < 1.29 is 14.7 Å². The lowest BCUT2D eigenvalue weighted by Crippen LogP contribution is -2.42. The van der Waals surface area contributed by atoms with Crippen molar-refractivity contribution in [3.8, 4) is 0 Å². The Labute approximate surface area is 120 Å². The molecule has 0 saturated heterocycles. The van der Waals surface area contributed by atoms with E-state index in [0.29, 0.717) is 6.42 Å². The summed E-state index contributed by atoms with van der Waals surface area (Å²) in [5, 5.41) is 13.5. The summed E-state index contributed by atoms with van der Waals surface area (Å²) in [5.74, 6) is -0.443. The number of nitrogens with one attached hydrogen (secondary N) is 1. The Hall–Kier alpha value is -1.05. The number of nitrogens with two attached hydrogens (primary N) is 1. The molecule has 0 aliphatic carbocycles. The highest BCUT2D eigenvalue weighted by molar-refractivity contribution is 7.98. The van der Waals surface area contributed by atoms with Crippen molar-refractivity contribution >= 4 is 35.0 Å². The van der Waals surface area contributed by atoms with Gasteiger partial charge in [0.1, 0.15) is 0 Å². The first-order chi connectivity index (χ1) is 9.04. The first-order valence-electron chi connectivity index (χ1n) is 5.84. The van der Waals surface area contributed by atoms with Gasteiger partial charge in [-0.15, -0.1) is 11.3 Å². The van der Waals surface area contributed by atoms with Gasteiger partial charge in [0.25, 0.3) is 0 Å². The van der Waals surface area contributed by atoms with Crippen molar-refractivity contribution in [3.63, 3.8) is 0 Å². The number of thiophene rings is 1. The maximum Gasteiger partial charge on any atom is 0.305 e. The summed E-state index contributed by atoms with van der Waals surface area (Å²) in [4.78, 5) is 23.6. The van der Waals surface area contributed by atoms with Gasteiger partial charge >= 0.3 is 5.97 Å². The van der Waals surface area contributed by atoms with Crippen LogP contribution in [0.5, 0.6) is 0 Å². The normalized spacial score (nSPS) is 13.8. The lowest BCUT2D eigenvalue weighted by molar-refractivity contribution is -0.137. The number of amides is 1. The second-order valence-electron chi connectivity index (χ2n) is 4.06. The van der Waals surface area contributed by atoms with Crippen LogP contribution in [0.1, 0.15) is 23.8 Å². The molecule has 1 aromatic heterocycles. The Balaban J connectivity index is 2.62. The van der Waals surface area contributed by atoms with Crippen LogP contribution in [0.25, 0.3) is 0 Å². The topological polar surface area (TPSA) is 92.4 Å². The molecule has 0 radical (unpaired) electrons. The van der Waals surface area contributed by atoms with Crippen LogP contribution in [-0.4, -0.2) is 35.0 Å². The standard InChI is InChI=1S/C12H18N2O3S2/c1-18-6-4-8(13)12(17)14-9(7-11(15)16)10-3-2-5-19-10/h2-3,5,8-9H,4,6-7,13H2,1H3,(H,14,17)(H,15,16)/t8-,9?/m0/s1. The van der Waals surface area contributed by atoms with Gasteiger partial charge in [-0.25, -0.2) is 0 Å². The molecule has 1 aromatic rings. The first-order valence-corrected chi connectivity index (χ1v) is 8.12. The van der Waals surface area contributed by atoms with Crippen LogP contribution >= 0.6 is 23.1 Å². The fourth-order valence-electron chi connectivity index (χ4n) is 1.54. The summed E-state index contributed by atoms with van der Waals surface area (Å²) < 4.78 is 0. The van der Waals surface area contributed by atoms with E-state index < -0.39 is 18.1 Å². The summed E-state index contributed by atoms with van der Waals surface area (Å²) in [6.07, 6.45) is 2.39. The molecule has 106 valence electrons. The molecule has 0 saturated carbocycles. The molecule has 1 amide bonds. The van der Waals surface area contributed by atoms with Gasteiger partial charge in [0.2, 0.25) is 5.91 Å². The molecule has 0 aliphatic heterocycles. The van der Waals surface area contributed by atoms with E-state index in [1.807, 2.05) is 23.8 Å². The lowest BCUT2D eigenvalue weighted by Gasteiger charge is -2.18. The molecule has 4 N–H and O–H groups in total. The number of carbonyl (C=O) groups excluding carboxylic acids is 1. The van der Waals surface area contributed by atoms with Gasteiger partial charge < -0.3 is 16.2 Å². The lowest BCUT2D eigenvalue weighted by atomic mass is 10.1. The third-order valence-corrected chi connectivity index (χ3v) is 4.18. The number of thioether (sulfide) groups is 1. The van der Waals surface area contributed by atoms with Gasteiger partial charge in [-0.1, -0.05) is 6.07 Å². The predicted octanol–water partition coefficient (Wildman–Crippen LogP) is 1.46. The van der Waals surface area contributed by atoms with Crippen LogP contribution in [0.4, 0.5) is 0 Å². The van der Waals surface area contributed by atoms with Gasteiger partial charge in [-0.3, -0.25) is 9.59 Å². The molecule has 19 heavy (non-hydrogen) atoms. The summed E-state index contributed by atoms with van der Waals surface area (Å²) in [5.41, 5.74) is 5.77. The Morgan fingerprint density at radius 1 is 1.58 bits per heavy atom. The van der Waals surface area contributed by atoms with Crippen molar-refractivity contribution in [2.24, 2.45) is 5.73 Å². The van der Waals surface area contributed by atoms with Crippen molar-refractivity contribution in [1.82, 2.24) is 5.32 Å². The molecule has 2 atom stereocenters. The maximum atomic E-state index is 11.9. The third kappa shape index (κ3) is 5.63. The Bertz CT molecular complexity index is 409. The van der Waals surface area contributed by atoms with E-state index in [-0.39, 0.29) is 12.3 Å². The SMILES string of the molecule is CSCC[C@H](N)C(=O)NC(CC(=O)O)c1cccs1. The molecule has 1 heterocycles. The summed E-state index contributed by atoms with van der Waals surface area (Å²) in [6.45, 7) is 0. The molecular weight excluding hydrogens is 284 g/mol. The van der Waals surface area contributed by atoms with Gasteiger partial charge in [-0.2, -0.15) is 11.8 Å². The largest absolute Gasteiger partial charge is 0.481 e. The van der Waals surface area contributed by atoms with Gasteiger partial charge in [-0.05, 0) is 29.9 Å². The monoisotopic (exact) mass is 302 g/mol. The molecule has 0 bridgehead atoms. The molecule has 1 rings (SSSR count). The number of hydrogen-bond donors (Lipinski definition) is 3. The number of hydrogen-bond acceptors (Lipinski definition) is 5. The molecular formula is C12H18N2O3S2. The van der Waals surface area contributed by atoms with Gasteiger partial charge in [0.05, 0.1) is 18.5 Å². The van der Waals surface area contributed by atoms with Crippen molar-refractivity contribution in [2.45, 2.75) is 24.9 Å². The molecule has 7 heteroatoms. The minimum absolute atomic E-state index is 0.137.